The van der Waals surface area contributed by atoms with Crippen molar-refractivity contribution in [1.82, 2.24) is 0 Å². The van der Waals surface area contributed by atoms with Crippen LogP contribution < -0.4 is 0 Å². The molecule has 0 heterocycles. The second-order valence-corrected chi connectivity index (χ2v) is 2.37. The maximum Gasteiger partial charge on any atom is 0.344 e. The van der Waals surface area contributed by atoms with Gasteiger partial charge < -0.3 is 9.84 Å². The molecule has 0 aliphatic carbocycles. The maximum atomic E-state index is 11.0. The molecule has 0 saturated carbocycles. The molecule has 0 aliphatic rings. The van der Waals surface area contributed by atoms with Gasteiger partial charge in [0.15, 0.2) is 0 Å². The highest BCUT2D eigenvalue weighted by Crippen LogP contribution is 1.98. The molecule has 0 aromatic heterocycles. The van der Waals surface area contributed by atoms with Gasteiger partial charge in [-0.15, -0.1) is 0 Å². The minimum Gasteiger partial charge on any atom is -0.526 e. The Hall–Kier alpha value is -2.54. The first-order valence-corrected chi connectivity index (χ1v) is 4.30. The number of hydrogen-bond acceptors (Lipinski definition) is 3. The van der Waals surface area contributed by atoms with E-state index < -0.39 is 11.7 Å². The average Bonchev–Trinajstić information content (AvgIpc) is 2.29. The van der Waals surface area contributed by atoms with Crippen LogP contribution in [0.15, 0.2) is 61.3 Å². The summed E-state index contributed by atoms with van der Waals surface area (Å²) in [6.07, 6.45) is 11.5. The topological polar surface area (TPSA) is 50.9 Å². The maximum absolute atomic E-state index is 11.0. The van der Waals surface area contributed by atoms with Crippen LogP contribution in [0.5, 0.6) is 0 Å². The molecule has 82 valence electrons. The Morgan fingerprint density at radius 2 is 1.88 bits per heavy atom. The molecule has 0 atom stereocenters. The molecule has 0 radical (unpaired) electrons. The first-order valence-electron chi connectivity index (χ1n) is 4.30. The molecular weight excluding hydrogens is 206 g/mol. The number of aliphatic hydroxyl groups excluding tert-OH is 1. The van der Waals surface area contributed by atoms with Gasteiger partial charge >= 0.3 is 11.7 Å². The molecule has 0 bridgehead atoms. The van der Waals surface area contributed by atoms with Crippen molar-refractivity contribution in [3.05, 3.63) is 72.7 Å². The summed E-state index contributed by atoms with van der Waals surface area (Å²) in [6.45, 7) is 10.0. The minimum atomic E-state index is -0.899. The third-order valence-corrected chi connectivity index (χ3v) is 1.29. The van der Waals surface area contributed by atoms with Crippen molar-refractivity contribution in [2.75, 3.05) is 0 Å². The van der Waals surface area contributed by atoms with Crippen molar-refractivity contribution in [2.24, 2.45) is 0 Å². The number of carbonyl (C=O) groups excluding carboxylic acids is 1. The normalized spacial score (nSPS) is 12.1. The quantitative estimate of drug-likeness (QED) is 0.253. The van der Waals surface area contributed by atoms with E-state index in [1.54, 1.807) is 30.4 Å². The van der Waals surface area contributed by atoms with Crippen molar-refractivity contribution in [2.45, 2.75) is 0 Å². The van der Waals surface area contributed by atoms with Gasteiger partial charge in [0, 0.05) is 0 Å². The standard InChI is InChI=1S/C12H11NO3/c1-3-4-5-6-7-8-9-16-12(15)11(10-14)13-2/h3-10,14H,1H2/b5-4+,7-6+,9-8+,11-10+. The van der Waals surface area contributed by atoms with E-state index in [0.717, 1.165) is 6.26 Å². The molecule has 0 aromatic rings. The number of hydrogen-bond donors (Lipinski definition) is 1. The van der Waals surface area contributed by atoms with Crippen molar-refractivity contribution in [3.63, 3.8) is 0 Å². The average molecular weight is 217 g/mol. The smallest absolute Gasteiger partial charge is 0.344 e. The van der Waals surface area contributed by atoms with E-state index in [1.807, 2.05) is 0 Å². The molecule has 0 rings (SSSR count). The molecule has 0 amide bonds. The summed E-state index contributed by atoms with van der Waals surface area (Å²) in [5.74, 6) is -0.899. The van der Waals surface area contributed by atoms with Gasteiger partial charge in [0.25, 0.3) is 0 Å². The van der Waals surface area contributed by atoms with Gasteiger partial charge in [-0.2, -0.15) is 0 Å². The summed E-state index contributed by atoms with van der Waals surface area (Å²) >= 11 is 0. The van der Waals surface area contributed by atoms with E-state index in [0.29, 0.717) is 6.26 Å². The molecule has 0 saturated heterocycles. The highest BCUT2D eigenvalue weighted by molar-refractivity contribution is 5.90. The fourth-order valence-corrected chi connectivity index (χ4v) is 0.605. The van der Waals surface area contributed by atoms with Gasteiger partial charge in [-0.1, -0.05) is 37.0 Å². The van der Waals surface area contributed by atoms with Gasteiger partial charge in [-0.05, 0) is 6.08 Å². The number of esters is 1. The van der Waals surface area contributed by atoms with Gasteiger partial charge in [0.1, 0.15) is 0 Å². The van der Waals surface area contributed by atoms with Crippen LogP contribution in [0, 0.1) is 6.57 Å². The summed E-state index contributed by atoms with van der Waals surface area (Å²) in [4.78, 5) is 13.7. The molecule has 4 heteroatoms. The highest BCUT2D eigenvalue weighted by atomic mass is 16.5. The Morgan fingerprint density at radius 3 is 2.44 bits per heavy atom. The second-order valence-electron chi connectivity index (χ2n) is 2.37. The molecule has 1 N–H and O–H groups in total. The predicted molar refractivity (Wildman–Crippen MR) is 61.0 cm³/mol. The Labute approximate surface area is 94.0 Å². The van der Waals surface area contributed by atoms with Crippen molar-refractivity contribution < 1.29 is 14.6 Å². The van der Waals surface area contributed by atoms with E-state index in [2.05, 4.69) is 16.2 Å². The van der Waals surface area contributed by atoms with E-state index >= 15 is 0 Å². The van der Waals surface area contributed by atoms with Gasteiger partial charge in [-0.3, -0.25) is 4.79 Å². The van der Waals surface area contributed by atoms with Gasteiger partial charge in [-0.25, -0.2) is 4.85 Å². The van der Waals surface area contributed by atoms with Gasteiger partial charge in [0.2, 0.25) is 0 Å². The van der Waals surface area contributed by atoms with Crippen molar-refractivity contribution >= 4 is 5.97 Å². The fraction of sp³-hybridized carbons (Fsp3) is 0. The van der Waals surface area contributed by atoms with E-state index in [-0.39, 0.29) is 0 Å². The number of aliphatic hydroxyl groups is 1. The Balaban J connectivity index is 4.07. The van der Waals surface area contributed by atoms with Crippen LogP contribution in [0.2, 0.25) is 0 Å². The monoisotopic (exact) mass is 217 g/mol. The highest BCUT2D eigenvalue weighted by Gasteiger charge is 2.08. The Morgan fingerprint density at radius 1 is 1.25 bits per heavy atom. The summed E-state index contributed by atoms with van der Waals surface area (Å²) in [7, 11) is 0. The molecular formula is C12H11NO3. The van der Waals surface area contributed by atoms with Crippen LogP contribution in [0.1, 0.15) is 0 Å². The number of ether oxygens (including phenoxy) is 1. The lowest BCUT2D eigenvalue weighted by Crippen LogP contribution is -2.00. The van der Waals surface area contributed by atoms with Crippen LogP contribution in [-0.4, -0.2) is 11.1 Å². The van der Waals surface area contributed by atoms with Crippen LogP contribution in [0.3, 0.4) is 0 Å². The lowest BCUT2D eigenvalue weighted by molar-refractivity contribution is -0.133. The lowest BCUT2D eigenvalue weighted by Gasteiger charge is -1.93. The zero-order valence-corrected chi connectivity index (χ0v) is 8.54. The van der Waals surface area contributed by atoms with E-state index in [9.17, 15) is 4.79 Å². The zero-order chi connectivity index (χ0) is 12.2. The zero-order valence-electron chi connectivity index (χ0n) is 8.54. The number of rotatable bonds is 5. The predicted octanol–water partition coefficient (Wildman–Crippen LogP) is 2.66. The van der Waals surface area contributed by atoms with Crippen LogP contribution in [0.4, 0.5) is 0 Å². The fourth-order valence-electron chi connectivity index (χ4n) is 0.605. The van der Waals surface area contributed by atoms with E-state index in [4.69, 9.17) is 11.7 Å². The summed E-state index contributed by atoms with van der Waals surface area (Å²) in [5.41, 5.74) is -0.472. The molecule has 0 aliphatic heterocycles. The largest absolute Gasteiger partial charge is 0.526 e. The summed E-state index contributed by atoms with van der Waals surface area (Å²) in [6, 6.07) is 0. The SMILES string of the molecule is [C-]#[N+]/C(=C/O)C(=O)O/C=C/C=C/C=C/C=C. The third kappa shape index (κ3) is 6.00. The number of allylic oxidation sites excluding steroid dienone is 6. The second kappa shape index (κ2) is 9.03. The first-order chi connectivity index (χ1) is 7.76. The van der Waals surface area contributed by atoms with Crippen LogP contribution in [-0.2, 0) is 9.53 Å². The van der Waals surface area contributed by atoms with Crippen molar-refractivity contribution in [3.8, 4) is 0 Å². The Bertz CT molecular complexity index is 395. The summed E-state index contributed by atoms with van der Waals surface area (Å²) < 4.78 is 4.54. The third-order valence-electron chi connectivity index (χ3n) is 1.29. The molecule has 4 nitrogen and oxygen atoms in total. The summed E-state index contributed by atoms with van der Waals surface area (Å²) in [5, 5.41) is 8.46. The van der Waals surface area contributed by atoms with E-state index in [1.165, 1.54) is 6.08 Å². The Kier molecular flexibility index (Phi) is 7.60. The minimum absolute atomic E-state index is 0.409. The molecule has 0 aromatic carbocycles. The molecule has 0 spiro atoms. The lowest BCUT2D eigenvalue weighted by atomic mass is 10.4. The molecule has 0 fully saturated rings. The number of carbonyl (C=O) groups is 1. The van der Waals surface area contributed by atoms with Gasteiger partial charge in [0.05, 0.1) is 19.1 Å². The van der Waals surface area contributed by atoms with Crippen LogP contribution >= 0.6 is 0 Å². The first kappa shape index (κ1) is 13.5. The molecule has 0 unspecified atom stereocenters. The van der Waals surface area contributed by atoms with Crippen molar-refractivity contribution in [1.29, 1.82) is 0 Å². The number of nitrogens with zero attached hydrogens (tertiary/aromatic N) is 1. The van der Waals surface area contributed by atoms with Crippen LogP contribution in [0.25, 0.3) is 4.85 Å². The molecule has 16 heavy (non-hydrogen) atoms.